The van der Waals surface area contributed by atoms with Crippen LogP contribution in [0.2, 0.25) is 0 Å². The number of anilines is 1. The van der Waals surface area contributed by atoms with Crippen LogP contribution in [0.3, 0.4) is 0 Å². The van der Waals surface area contributed by atoms with Gasteiger partial charge >= 0.3 is 0 Å². The highest BCUT2D eigenvalue weighted by Gasteiger charge is 2.16. The van der Waals surface area contributed by atoms with Gasteiger partial charge in [0.05, 0.1) is 6.04 Å². The minimum atomic E-state index is -0.260. The maximum absolute atomic E-state index is 12.9. The number of rotatable bonds is 4. The lowest BCUT2D eigenvalue weighted by atomic mass is 9.96. The maximum Gasteiger partial charge on any atom is 0.171 e. The van der Waals surface area contributed by atoms with E-state index in [4.69, 9.17) is 12.2 Å². The Morgan fingerprint density at radius 1 is 1.00 bits per heavy atom. The summed E-state index contributed by atoms with van der Waals surface area (Å²) < 4.78 is 12.9. The minimum absolute atomic E-state index is 0.131. The highest BCUT2D eigenvalue weighted by Crippen LogP contribution is 2.21. The second kappa shape index (κ2) is 7.18. The van der Waals surface area contributed by atoms with Crippen molar-refractivity contribution in [2.45, 2.75) is 19.9 Å². The average molecular weight is 302 g/mol. The van der Waals surface area contributed by atoms with Gasteiger partial charge in [-0.25, -0.2) is 4.39 Å². The summed E-state index contributed by atoms with van der Waals surface area (Å²) in [5.74, 6) is 0.129. The van der Waals surface area contributed by atoms with Gasteiger partial charge in [0.1, 0.15) is 5.82 Å². The monoisotopic (exact) mass is 302 g/mol. The van der Waals surface area contributed by atoms with E-state index in [9.17, 15) is 4.39 Å². The van der Waals surface area contributed by atoms with Crippen LogP contribution in [0.25, 0.3) is 0 Å². The molecule has 0 unspecified atom stereocenters. The van der Waals surface area contributed by atoms with E-state index >= 15 is 0 Å². The van der Waals surface area contributed by atoms with Crippen molar-refractivity contribution >= 4 is 23.0 Å². The lowest BCUT2D eigenvalue weighted by Gasteiger charge is -2.24. The second-order valence-corrected chi connectivity index (χ2v) is 5.65. The fourth-order valence-electron chi connectivity index (χ4n) is 2.14. The van der Waals surface area contributed by atoms with Crippen molar-refractivity contribution in [2.75, 3.05) is 5.32 Å². The van der Waals surface area contributed by atoms with Crippen LogP contribution in [0.4, 0.5) is 10.1 Å². The molecule has 0 bridgehead atoms. The molecule has 0 spiro atoms. The quantitative estimate of drug-likeness (QED) is 0.813. The first kappa shape index (κ1) is 15.4. The number of nitrogens with one attached hydrogen (secondary N) is 2. The molecule has 0 saturated carbocycles. The summed E-state index contributed by atoms with van der Waals surface area (Å²) >= 11 is 5.35. The zero-order valence-electron chi connectivity index (χ0n) is 12.1. The van der Waals surface area contributed by atoms with E-state index in [1.165, 1.54) is 17.7 Å². The zero-order valence-corrected chi connectivity index (χ0v) is 13.0. The van der Waals surface area contributed by atoms with Crippen LogP contribution in [0, 0.1) is 11.7 Å². The van der Waals surface area contributed by atoms with E-state index in [1.54, 1.807) is 12.1 Å². The first-order valence-electron chi connectivity index (χ1n) is 6.94. The number of thiocarbonyl (C=S) groups is 1. The molecule has 0 radical (unpaired) electrons. The summed E-state index contributed by atoms with van der Waals surface area (Å²) in [6, 6.07) is 16.5. The molecule has 0 aromatic heterocycles. The number of halogens is 1. The van der Waals surface area contributed by atoms with Gasteiger partial charge in [-0.05, 0) is 48.0 Å². The number of hydrogen-bond donors (Lipinski definition) is 2. The molecule has 2 N–H and O–H groups in total. The first-order chi connectivity index (χ1) is 10.1. The summed E-state index contributed by atoms with van der Waals surface area (Å²) in [5.41, 5.74) is 1.96. The van der Waals surface area contributed by atoms with Crippen molar-refractivity contribution in [3.05, 3.63) is 66.0 Å². The third-order valence-corrected chi connectivity index (χ3v) is 3.43. The molecule has 1 atom stereocenters. The van der Waals surface area contributed by atoms with Gasteiger partial charge in [-0.3, -0.25) is 0 Å². The Kier molecular flexibility index (Phi) is 5.28. The Labute approximate surface area is 130 Å². The van der Waals surface area contributed by atoms with Crippen LogP contribution >= 0.6 is 12.2 Å². The van der Waals surface area contributed by atoms with E-state index in [-0.39, 0.29) is 11.9 Å². The Morgan fingerprint density at radius 3 is 2.19 bits per heavy atom. The predicted molar refractivity (Wildman–Crippen MR) is 89.8 cm³/mol. The van der Waals surface area contributed by atoms with Crippen molar-refractivity contribution < 1.29 is 4.39 Å². The molecule has 0 amide bonds. The molecule has 2 nitrogen and oxygen atoms in total. The summed E-state index contributed by atoms with van der Waals surface area (Å²) in [6.07, 6.45) is 0. The van der Waals surface area contributed by atoms with Gasteiger partial charge in [0.15, 0.2) is 5.11 Å². The van der Waals surface area contributed by atoms with Crippen molar-refractivity contribution in [3.8, 4) is 0 Å². The Morgan fingerprint density at radius 2 is 1.62 bits per heavy atom. The van der Waals surface area contributed by atoms with Gasteiger partial charge in [-0.15, -0.1) is 0 Å². The molecule has 0 aliphatic carbocycles. The van der Waals surface area contributed by atoms with Gasteiger partial charge in [-0.1, -0.05) is 44.2 Å². The van der Waals surface area contributed by atoms with Gasteiger partial charge in [0.2, 0.25) is 0 Å². The fraction of sp³-hybridized carbons (Fsp3) is 0.235. The lowest BCUT2D eigenvalue weighted by molar-refractivity contribution is 0.473. The van der Waals surface area contributed by atoms with Crippen molar-refractivity contribution in [3.63, 3.8) is 0 Å². The maximum atomic E-state index is 12.9. The molecule has 0 aliphatic heterocycles. The number of benzene rings is 2. The Bertz CT molecular complexity index is 581. The topological polar surface area (TPSA) is 24.1 Å². The van der Waals surface area contributed by atoms with E-state index < -0.39 is 0 Å². The normalized spacial score (nSPS) is 12.0. The van der Waals surface area contributed by atoms with Gasteiger partial charge in [-0.2, -0.15) is 0 Å². The van der Waals surface area contributed by atoms with Crippen LogP contribution in [-0.2, 0) is 0 Å². The summed E-state index contributed by atoms with van der Waals surface area (Å²) in [7, 11) is 0. The summed E-state index contributed by atoms with van der Waals surface area (Å²) in [4.78, 5) is 0. The van der Waals surface area contributed by atoms with Crippen LogP contribution < -0.4 is 10.6 Å². The summed E-state index contributed by atoms with van der Waals surface area (Å²) in [6.45, 7) is 4.29. The van der Waals surface area contributed by atoms with Crippen molar-refractivity contribution in [1.29, 1.82) is 0 Å². The number of hydrogen-bond acceptors (Lipinski definition) is 1. The molecule has 0 saturated heterocycles. The smallest absolute Gasteiger partial charge is 0.171 e. The molecule has 4 heteroatoms. The van der Waals surface area contributed by atoms with E-state index in [2.05, 4.69) is 36.6 Å². The molecule has 0 heterocycles. The average Bonchev–Trinajstić information content (AvgIpc) is 2.48. The molecular formula is C17H19FN2S. The van der Waals surface area contributed by atoms with Crippen molar-refractivity contribution in [1.82, 2.24) is 5.32 Å². The molecule has 21 heavy (non-hydrogen) atoms. The van der Waals surface area contributed by atoms with E-state index in [0.717, 1.165) is 5.69 Å². The lowest BCUT2D eigenvalue weighted by Crippen LogP contribution is -2.34. The Balaban J connectivity index is 2.03. The largest absolute Gasteiger partial charge is 0.355 e. The first-order valence-corrected chi connectivity index (χ1v) is 7.35. The molecule has 110 valence electrons. The molecule has 2 rings (SSSR count). The van der Waals surface area contributed by atoms with E-state index in [0.29, 0.717) is 11.0 Å². The fourth-order valence-corrected chi connectivity index (χ4v) is 2.38. The SMILES string of the molecule is CC(C)[C@H](NC(=S)Nc1ccc(F)cc1)c1ccccc1. The highest BCUT2D eigenvalue weighted by molar-refractivity contribution is 7.80. The van der Waals surface area contributed by atoms with Crippen LogP contribution in [0.5, 0.6) is 0 Å². The molecule has 0 aliphatic rings. The van der Waals surface area contributed by atoms with Crippen LogP contribution in [0.1, 0.15) is 25.5 Å². The molecule has 2 aromatic carbocycles. The van der Waals surface area contributed by atoms with Crippen molar-refractivity contribution in [2.24, 2.45) is 5.92 Å². The van der Waals surface area contributed by atoms with Crippen LogP contribution in [0.15, 0.2) is 54.6 Å². The molecule has 0 fully saturated rings. The van der Waals surface area contributed by atoms with Gasteiger partial charge < -0.3 is 10.6 Å². The third kappa shape index (κ3) is 4.53. The van der Waals surface area contributed by atoms with Gasteiger partial charge in [0, 0.05) is 5.69 Å². The third-order valence-electron chi connectivity index (χ3n) is 3.21. The van der Waals surface area contributed by atoms with E-state index in [1.807, 2.05) is 18.2 Å². The second-order valence-electron chi connectivity index (χ2n) is 5.24. The summed E-state index contributed by atoms with van der Waals surface area (Å²) in [5, 5.41) is 6.93. The minimum Gasteiger partial charge on any atom is -0.355 e. The standard InChI is InChI=1S/C17H19FN2S/c1-12(2)16(13-6-4-3-5-7-13)20-17(21)19-15-10-8-14(18)9-11-15/h3-12,16H,1-2H3,(H2,19,20,21)/t16-/m0/s1. The molecular weight excluding hydrogens is 283 g/mol. The highest BCUT2D eigenvalue weighted by atomic mass is 32.1. The van der Waals surface area contributed by atoms with Crippen LogP contribution in [-0.4, -0.2) is 5.11 Å². The molecule has 2 aromatic rings. The predicted octanol–water partition coefficient (Wildman–Crippen LogP) is 4.51. The Hall–Kier alpha value is -1.94. The zero-order chi connectivity index (χ0) is 15.2. The van der Waals surface area contributed by atoms with Gasteiger partial charge in [0.25, 0.3) is 0 Å².